The van der Waals surface area contributed by atoms with Crippen molar-refractivity contribution in [2.75, 3.05) is 28.2 Å². The molecular weight excluding hydrogens is 326 g/mol. The fraction of sp³-hybridized carbons (Fsp3) is 0.333. The Bertz CT molecular complexity index is 864. The number of nitrogens with zero attached hydrogens (tertiary/aromatic N) is 2. The fourth-order valence-corrected chi connectivity index (χ4v) is 4.10. The summed E-state index contributed by atoms with van der Waals surface area (Å²) < 4.78 is 0. The number of carbonyl (C=O) groups is 2. The van der Waals surface area contributed by atoms with Gasteiger partial charge in [-0.15, -0.1) is 0 Å². The van der Waals surface area contributed by atoms with Gasteiger partial charge in [0.05, 0.1) is 23.3 Å². The molecule has 2 amide bonds. The highest BCUT2D eigenvalue weighted by molar-refractivity contribution is 6.04. The standard InChI is InChI=1S/C21H23N3O2/c1-14-13-23(19-9-5-6-10-20(19)24(14)15(2)25)21(26)17-11-16-7-3-4-8-18(16)22-12-17/h3-10,14,17,22H,11-13H2,1-2H3/t14-,17?/m0/s1. The van der Waals surface area contributed by atoms with Gasteiger partial charge in [0.25, 0.3) is 0 Å². The lowest BCUT2D eigenvalue weighted by Gasteiger charge is -2.42. The maximum atomic E-state index is 13.3. The van der Waals surface area contributed by atoms with E-state index in [0.717, 1.165) is 23.5 Å². The van der Waals surface area contributed by atoms with E-state index in [-0.39, 0.29) is 23.8 Å². The average molecular weight is 349 g/mol. The van der Waals surface area contributed by atoms with Gasteiger partial charge in [-0.2, -0.15) is 0 Å². The lowest BCUT2D eigenvalue weighted by atomic mass is 9.92. The zero-order chi connectivity index (χ0) is 18.3. The van der Waals surface area contributed by atoms with Gasteiger partial charge in [0, 0.05) is 25.7 Å². The van der Waals surface area contributed by atoms with Gasteiger partial charge < -0.3 is 15.1 Å². The third-order valence-corrected chi connectivity index (χ3v) is 5.30. The first-order chi connectivity index (χ1) is 12.6. The van der Waals surface area contributed by atoms with E-state index in [4.69, 9.17) is 0 Å². The van der Waals surface area contributed by atoms with E-state index < -0.39 is 0 Å². The van der Waals surface area contributed by atoms with Crippen LogP contribution in [0.15, 0.2) is 48.5 Å². The van der Waals surface area contributed by atoms with Crippen molar-refractivity contribution in [1.29, 1.82) is 0 Å². The summed E-state index contributed by atoms with van der Waals surface area (Å²) in [6.45, 7) is 4.73. The SMILES string of the molecule is CC(=O)N1c2ccccc2N(C(=O)C2CNc3ccccc3C2)C[C@@H]1C. The van der Waals surface area contributed by atoms with Gasteiger partial charge in [0.15, 0.2) is 0 Å². The van der Waals surface area contributed by atoms with Crippen molar-refractivity contribution in [3.63, 3.8) is 0 Å². The molecule has 26 heavy (non-hydrogen) atoms. The molecule has 0 bridgehead atoms. The Morgan fingerprint density at radius 1 is 1.04 bits per heavy atom. The van der Waals surface area contributed by atoms with Crippen LogP contribution in [0.4, 0.5) is 17.1 Å². The number of rotatable bonds is 1. The molecular formula is C21H23N3O2. The van der Waals surface area contributed by atoms with Crippen molar-refractivity contribution in [3.05, 3.63) is 54.1 Å². The van der Waals surface area contributed by atoms with Crippen LogP contribution in [0.1, 0.15) is 19.4 Å². The third kappa shape index (κ3) is 2.73. The quantitative estimate of drug-likeness (QED) is 0.861. The van der Waals surface area contributed by atoms with E-state index in [1.54, 1.807) is 11.8 Å². The Hall–Kier alpha value is -2.82. The number of amides is 2. The second-order valence-electron chi connectivity index (χ2n) is 7.11. The molecule has 2 heterocycles. The van der Waals surface area contributed by atoms with E-state index in [1.165, 1.54) is 5.56 Å². The third-order valence-electron chi connectivity index (χ3n) is 5.30. The van der Waals surface area contributed by atoms with Crippen LogP contribution in [0.5, 0.6) is 0 Å². The average Bonchev–Trinajstić information content (AvgIpc) is 2.66. The topological polar surface area (TPSA) is 52.7 Å². The van der Waals surface area contributed by atoms with Crippen LogP contribution in [-0.2, 0) is 16.0 Å². The molecule has 2 aliphatic heterocycles. The van der Waals surface area contributed by atoms with Crippen LogP contribution < -0.4 is 15.1 Å². The summed E-state index contributed by atoms with van der Waals surface area (Å²) in [7, 11) is 0. The van der Waals surface area contributed by atoms with Crippen molar-refractivity contribution in [1.82, 2.24) is 0 Å². The van der Waals surface area contributed by atoms with Crippen LogP contribution in [0, 0.1) is 5.92 Å². The molecule has 134 valence electrons. The molecule has 2 aromatic carbocycles. The number of fused-ring (bicyclic) bond motifs is 2. The molecule has 1 N–H and O–H groups in total. The number of carbonyl (C=O) groups excluding carboxylic acids is 2. The monoisotopic (exact) mass is 349 g/mol. The zero-order valence-corrected chi connectivity index (χ0v) is 15.1. The Labute approximate surface area is 153 Å². The largest absolute Gasteiger partial charge is 0.384 e. The van der Waals surface area contributed by atoms with Gasteiger partial charge in [-0.1, -0.05) is 30.3 Å². The van der Waals surface area contributed by atoms with E-state index >= 15 is 0 Å². The lowest BCUT2D eigenvalue weighted by Crippen LogP contribution is -2.53. The number of benzene rings is 2. The van der Waals surface area contributed by atoms with E-state index in [1.807, 2.05) is 48.2 Å². The smallest absolute Gasteiger partial charge is 0.232 e. The highest BCUT2D eigenvalue weighted by Crippen LogP contribution is 2.37. The molecule has 2 aliphatic rings. The Morgan fingerprint density at radius 2 is 1.73 bits per heavy atom. The first-order valence-electron chi connectivity index (χ1n) is 9.08. The molecule has 4 rings (SSSR count). The summed E-state index contributed by atoms with van der Waals surface area (Å²) in [6.07, 6.45) is 0.742. The summed E-state index contributed by atoms with van der Waals surface area (Å²) in [5.74, 6) is 0.0221. The minimum atomic E-state index is -0.103. The maximum Gasteiger partial charge on any atom is 0.232 e. The zero-order valence-electron chi connectivity index (χ0n) is 15.1. The molecule has 0 saturated carbocycles. The van der Waals surface area contributed by atoms with E-state index in [9.17, 15) is 9.59 Å². The second-order valence-corrected chi connectivity index (χ2v) is 7.11. The first-order valence-corrected chi connectivity index (χ1v) is 9.08. The molecule has 1 unspecified atom stereocenters. The highest BCUT2D eigenvalue weighted by atomic mass is 16.2. The summed E-state index contributed by atoms with van der Waals surface area (Å²) in [4.78, 5) is 29.1. The van der Waals surface area contributed by atoms with Gasteiger partial charge in [0.2, 0.25) is 11.8 Å². The summed E-state index contributed by atoms with van der Waals surface area (Å²) in [6, 6.07) is 15.8. The van der Waals surface area contributed by atoms with Crippen LogP contribution in [-0.4, -0.2) is 30.9 Å². The number of para-hydroxylation sites is 3. The minimum absolute atomic E-state index is 0.00492. The van der Waals surface area contributed by atoms with Crippen LogP contribution in [0.25, 0.3) is 0 Å². The summed E-state index contributed by atoms with van der Waals surface area (Å²) >= 11 is 0. The molecule has 0 aromatic heterocycles. The molecule has 0 fully saturated rings. The lowest BCUT2D eigenvalue weighted by molar-refractivity contribution is -0.122. The first kappa shape index (κ1) is 16.6. The highest BCUT2D eigenvalue weighted by Gasteiger charge is 2.36. The maximum absolute atomic E-state index is 13.3. The molecule has 0 radical (unpaired) electrons. The van der Waals surface area contributed by atoms with Crippen LogP contribution in [0.2, 0.25) is 0 Å². The van der Waals surface area contributed by atoms with Gasteiger partial charge in [0.1, 0.15) is 0 Å². The number of nitrogens with one attached hydrogen (secondary N) is 1. The molecule has 2 atom stereocenters. The summed E-state index contributed by atoms with van der Waals surface area (Å²) in [5, 5.41) is 3.38. The number of anilines is 3. The molecule has 5 heteroatoms. The fourth-order valence-electron chi connectivity index (χ4n) is 4.10. The predicted molar refractivity (Wildman–Crippen MR) is 104 cm³/mol. The summed E-state index contributed by atoms with van der Waals surface area (Å²) in [5.41, 5.74) is 3.94. The van der Waals surface area contributed by atoms with Crippen molar-refractivity contribution >= 4 is 28.9 Å². The van der Waals surface area contributed by atoms with Crippen LogP contribution in [0.3, 0.4) is 0 Å². The van der Waals surface area contributed by atoms with E-state index in [0.29, 0.717) is 13.1 Å². The molecule has 0 saturated heterocycles. The molecule has 5 nitrogen and oxygen atoms in total. The van der Waals surface area contributed by atoms with Gasteiger partial charge in [-0.05, 0) is 37.1 Å². The number of hydrogen-bond donors (Lipinski definition) is 1. The van der Waals surface area contributed by atoms with Gasteiger partial charge in [-0.3, -0.25) is 9.59 Å². The van der Waals surface area contributed by atoms with Crippen molar-refractivity contribution in [2.45, 2.75) is 26.3 Å². The second kappa shape index (κ2) is 6.48. The Balaban J connectivity index is 1.64. The predicted octanol–water partition coefficient (Wildman–Crippen LogP) is 3.06. The van der Waals surface area contributed by atoms with E-state index in [2.05, 4.69) is 17.4 Å². The van der Waals surface area contributed by atoms with Crippen molar-refractivity contribution in [2.24, 2.45) is 5.92 Å². The Kier molecular flexibility index (Phi) is 4.15. The normalized spacial score (nSPS) is 21.5. The van der Waals surface area contributed by atoms with Gasteiger partial charge in [-0.25, -0.2) is 0 Å². The van der Waals surface area contributed by atoms with Crippen molar-refractivity contribution < 1.29 is 9.59 Å². The molecule has 0 aliphatic carbocycles. The van der Waals surface area contributed by atoms with Crippen LogP contribution >= 0.6 is 0 Å². The molecule has 0 spiro atoms. The van der Waals surface area contributed by atoms with Gasteiger partial charge >= 0.3 is 0 Å². The Morgan fingerprint density at radius 3 is 2.50 bits per heavy atom. The molecule has 2 aromatic rings. The minimum Gasteiger partial charge on any atom is -0.384 e. The van der Waals surface area contributed by atoms with Crippen molar-refractivity contribution in [3.8, 4) is 0 Å². The number of hydrogen-bond acceptors (Lipinski definition) is 3.